The zero-order valence-corrected chi connectivity index (χ0v) is 18.2. The number of hydrogen-bond acceptors (Lipinski definition) is 4. The molecule has 0 saturated heterocycles. The van der Waals surface area contributed by atoms with Gasteiger partial charge in [-0.2, -0.15) is 0 Å². The molecule has 0 aliphatic heterocycles. The van der Waals surface area contributed by atoms with Crippen molar-refractivity contribution in [3.8, 4) is 5.75 Å². The van der Waals surface area contributed by atoms with Gasteiger partial charge in [0.05, 0.1) is 12.5 Å². The van der Waals surface area contributed by atoms with Crippen LogP contribution in [0.3, 0.4) is 0 Å². The topological polar surface area (TPSA) is 108 Å². The minimum atomic E-state index is -1.27. The summed E-state index contributed by atoms with van der Waals surface area (Å²) in [5.41, 5.74) is 0.995. The summed E-state index contributed by atoms with van der Waals surface area (Å²) < 4.78 is 27.1. The van der Waals surface area contributed by atoms with E-state index in [9.17, 15) is 28.3 Å². The van der Waals surface area contributed by atoms with Crippen LogP contribution in [0.5, 0.6) is 5.75 Å². The summed E-state index contributed by atoms with van der Waals surface area (Å²) in [5.74, 6) is -3.91. The maximum Gasteiger partial charge on any atom is 0.251 e. The molecule has 0 spiro atoms. The Kier molecular flexibility index (Phi) is 7.92. The summed E-state index contributed by atoms with van der Waals surface area (Å²) in [6.07, 6.45) is -0.231. The molecule has 0 heterocycles. The lowest BCUT2D eigenvalue weighted by Gasteiger charge is -2.22. The van der Waals surface area contributed by atoms with E-state index in [0.717, 1.165) is 12.1 Å². The fraction of sp³-hybridized carbons (Fsp3) is 0.160. The van der Waals surface area contributed by atoms with Crippen molar-refractivity contribution in [1.29, 1.82) is 0 Å². The number of rotatable bonds is 8. The molecule has 4 N–H and O–H groups in total. The summed E-state index contributed by atoms with van der Waals surface area (Å²) in [5, 5.41) is 17.1. The lowest BCUT2D eigenvalue weighted by atomic mass is 10.0. The average molecular weight is 467 g/mol. The van der Waals surface area contributed by atoms with Gasteiger partial charge in [0.2, 0.25) is 11.8 Å². The molecule has 0 bridgehead atoms. The Hall–Kier alpha value is -4.27. The van der Waals surface area contributed by atoms with Crippen LogP contribution in [0.25, 0.3) is 0 Å². The third kappa shape index (κ3) is 6.16. The molecule has 2 unspecified atom stereocenters. The third-order valence-corrected chi connectivity index (χ3v) is 5.12. The van der Waals surface area contributed by atoms with E-state index in [0.29, 0.717) is 5.56 Å². The largest absolute Gasteiger partial charge is 0.508 e. The Balaban J connectivity index is 1.80. The highest BCUT2D eigenvalue weighted by atomic mass is 19.2. The lowest BCUT2D eigenvalue weighted by Crippen LogP contribution is -2.41. The van der Waals surface area contributed by atoms with Crippen molar-refractivity contribution in [3.63, 3.8) is 0 Å². The molecule has 3 aromatic rings. The van der Waals surface area contributed by atoms with Crippen LogP contribution < -0.4 is 16.0 Å². The smallest absolute Gasteiger partial charge is 0.251 e. The summed E-state index contributed by atoms with van der Waals surface area (Å²) >= 11 is 0. The van der Waals surface area contributed by atoms with Crippen molar-refractivity contribution in [2.75, 3.05) is 7.05 Å². The van der Waals surface area contributed by atoms with E-state index >= 15 is 0 Å². The number of likely N-dealkylation sites (N-methyl/N-ethyl adjacent to an activating group) is 1. The van der Waals surface area contributed by atoms with Crippen LogP contribution in [0.4, 0.5) is 8.78 Å². The van der Waals surface area contributed by atoms with Gasteiger partial charge in [-0.05, 0) is 47.5 Å². The van der Waals surface area contributed by atoms with Gasteiger partial charge < -0.3 is 21.1 Å². The van der Waals surface area contributed by atoms with E-state index in [4.69, 9.17) is 0 Å². The van der Waals surface area contributed by atoms with Crippen LogP contribution >= 0.6 is 0 Å². The zero-order chi connectivity index (χ0) is 24.7. The molecule has 3 rings (SSSR count). The minimum absolute atomic E-state index is 0.00742. The van der Waals surface area contributed by atoms with E-state index in [1.807, 2.05) is 0 Å². The molecule has 0 aromatic heterocycles. The molecule has 3 amide bonds. The Morgan fingerprint density at radius 3 is 2.15 bits per heavy atom. The summed E-state index contributed by atoms with van der Waals surface area (Å²) in [6.45, 7) is 0. The van der Waals surface area contributed by atoms with E-state index in [1.165, 1.54) is 37.4 Å². The first-order valence-electron chi connectivity index (χ1n) is 10.4. The number of carbonyl (C=O) groups is 3. The number of hydrogen-bond donors (Lipinski definition) is 4. The average Bonchev–Trinajstić information content (AvgIpc) is 2.84. The van der Waals surface area contributed by atoms with Gasteiger partial charge in [0.1, 0.15) is 11.8 Å². The second-order valence-electron chi connectivity index (χ2n) is 7.48. The molecular formula is C25H23F2N3O4. The molecule has 7 nitrogen and oxygen atoms in total. The highest BCUT2D eigenvalue weighted by Gasteiger charge is 2.26. The van der Waals surface area contributed by atoms with Gasteiger partial charge >= 0.3 is 0 Å². The van der Waals surface area contributed by atoms with Crippen molar-refractivity contribution in [3.05, 3.63) is 101 Å². The molecular weight excluding hydrogens is 444 g/mol. The van der Waals surface area contributed by atoms with E-state index in [2.05, 4.69) is 16.0 Å². The number of halogens is 2. The number of carbonyl (C=O) groups excluding carboxylic acids is 3. The van der Waals surface area contributed by atoms with Gasteiger partial charge in [0.25, 0.3) is 5.91 Å². The molecule has 0 fully saturated rings. The maximum atomic E-state index is 13.7. The molecule has 0 aliphatic carbocycles. The van der Waals surface area contributed by atoms with Gasteiger partial charge in [-0.3, -0.25) is 14.4 Å². The van der Waals surface area contributed by atoms with Crippen molar-refractivity contribution >= 4 is 17.7 Å². The van der Waals surface area contributed by atoms with E-state index < -0.39 is 41.4 Å². The predicted molar refractivity (Wildman–Crippen MR) is 121 cm³/mol. The highest BCUT2D eigenvalue weighted by Crippen LogP contribution is 2.21. The standard InChI is InChI=1S/C25H23F2N3O4/c1-28-25(34)23(17-9-12-19(26)20(27)13-17)30-22(32)14-21(15-5-3-2-4-6-15)29-24(33)16-7-10-18(31)11-8-16/h2-13,21,23,31H,14H2,1H3,(H,28,34)(H,29,33)(H,30,32). The monoisotopic (exact) mass is 467 g/mol. The maximum absolute atomic E-state index is 13.7. The van der Waals surface area contributed by atoms with Crippen molar-refractivity contribution < 1.29 is 28.3 Å². The molecule has 9 heteroatoms. The number of nitrogens with one attached hydrogen (secondary N) is 3. The molecule has 3 aromatic carbocycles. The number of aromatic hydroxyl groups is 1. The zero-order valence-electron chi connectivity index (χ0n) is 18.2. The lowest BCUT2D eigenvalue weighted by molar-refractivity contribution is -0.129. The molecule has 34 heavy (non-hydrogen) atoms. The molecule has 176 valence electrons. The molecule has 2 atom stereocenters. The molecule has 0 radical (unpaired) electrons. The Labute approximate surface area is 194 Å². The number of amides is 3. The van der Waals surface area contributed by atoms with Crippen LogP contribution in [0.15, 0.2) is 72.8 Å². The van der Waals surface area contributed by atoms with E-state index in [1.54, 1.807) is 30.3 Å². The molecule has 0 aliphatic rings. The summed E-state index contributed by atoms with van der Waals surface area (Å²) in [4.78, 5) is 38.0. The van der Waals surface area contributed by atoms with Crippen molar-refractivity contribution in [1.82, 2.24) is 16.0 Å². The third-order valence-electron chi connectivity index (χ3n) is 5.12. The normalized spacial score (nSPS) is 12.3. The fourth-order valence-corrected chi connectivity index (χ4v) is 3.33. The van der Waals surface area contributed by atoms with Gasteiger partial charge in [-0.25, -0.2) is 8.78 Å². The SMILES string of the molecule is CNC(=O)C(NC(=O)CC(NC(=O)c1ccc(O)cc1)c1ccccc1)c1ccc(F)c(F)c1. The Bertz CT molecular complexity index is 1170. The number of benzene rings is 3. The van der Waals surface area contributed by atoms with Crippen LogP contribution in [0, 0.1) is 11.6 Å². The first-order valence-corrected chi connectivity index (χ1v) is 10.4. The first kappa shape index (κ1) is 24.4. The number of phenols is 1. The van der Waals surface area contributed by atoms with Gasteiger partial charge in [-0.15, -0.1) is 0 Å². The Morgan fingerprint density at radius 1 is 0.853 bits per heavy atom. The van der Waals surface area contributed by atoms with Crippen LogP contribution in [-0.2, 0) is 9.59 Å². The van der Waals surface area contributed by atoms with E-state index in [-0.39, 0.29) is 23.3 Å². The van der Waals surface area contributed by atoms with Gasteiger partial charge in [-0.1, -0.05) is 36.4 Å². The first-order chi connectivity index (χ1) is 16.3. The minimum Gasteiger partial charge on any atom is -0.508 e. The van der Waals surface area contributed by atoms with Crippen molar-refractivity contribution in [2.24, 2.45) is 0 Å². The summed E-state index contributed by atoms with van der Waals surface area (Å²) in [6, 6.07) is 15.3. The van der Waals surface area contributed by atoms with Crippen molar-refractivity contribution in [2.45, 2.75) is 18.5 Å². The van der Waals surface area contributed by atoms with Crippen LogP contribution in [0.1, 0.15) is 40.0 Å². The number of phenolic OH excluding ortho intramolecular Hbond substituents is 1. The van der Waals surface area contributed by atoms with Gasteiger partial charge in [0.15, 0.2) is 11.6 Å². The fourth-order valence-electron chi connectivity index (χ4n) is 3.33. The van der Waals surface area contributed by atoms with Gasteiger partial charge in [0, 0.05) is 12.6 Å². The highest BCUT2D eigenvalue weighted by molar-refractivity contribution is 5.95. The quantitative estimate of drug-likeness (QED) is 0.408. The predicted octanol–water partition coefficient (Wildman–Crippen LogP) is 3.14. The van der Waals surface area contributed by atoms with Crippen LogP contribution in [0.2, 0.25) is 0 Å². The Morgan fingerprint density at radius 2 is 1.53 bits per heavy atom. The second-order valence-corrected chi connectivity index (χ2v) is 7.48. The second kappa shape index (κ2) is 11.0. The summed E-state index contributed by atoms with van der Waals surface area (Å²) in [7, 11) is 1.35. The molecule has 0 saturated carbocycles. The van der Waals surface area contributed by atoms with Crippen LogP contribution in [-0.4, -0.2) is 29.9 Å².